The minimum absolute atomic E-state index is 0.606. The van der Waals surface area contributed by atoms with Crippen LogP contribution in [0.5, 0.6) is 0 Å². The summed E-state index contributed by atoms with van der Waals surface area (Å²) in [5.74, 6) is 0. The molecular weight excluding hydrogens is 364 g/mol. The lowest BCUT2D eigenvalue weighted by Crippen LogP contribution is -2.28. The van der Waals surface area contributed by atoms with Crippen molar-refractivity contribution in [2.45, 2.75) is 33.6 Å². The fourth-order valence-electron chi connectivity index (χ4n) is 2.97. The van der Waals surface area contributed by atoms with Gasteiger partial charge in [0.15, 0.2) is 5.11 Å². The van der Waals surface area contributed by atoms with Crippen LogP contribution in [-0.4, -0.2) is 5.11 Å². The van der Waals surface area contributed by atoms with Gasteiger partial charge in [-0.2, -0.15) is 0 Å². The number of benzene rings is 3. The van der Waals surface area contributed by atoms with Crippen LogP contribution < -0.4 is 10.6 Å². The van der Waals surface area contributed by atoms with Crippen molar-refractivity contribution in [2.24, 2.45) is 0 Å². The summed E-state index contributed by atoms with van der Waals surface area (Å²) < 4.78 is 5.79. The molecule has 0 fully saturated rings. The normalized spacial score (nSPS) is 10.5. The number of hydrogen-bond acceptors (Lipinski definition) is 2. The second-order valence-corrected chi connectivity index (χ2v) is 7.28. The van der Waals surface area contributed by atoms with Gasteiger partial charge in [-0.1, -0.05) is 72.8 Å². The Morgan fingerprint density at radius 3 is 1.96 bits per heavy atom. The Morgan fingerprint density at radius 1 is 0.750 bits per heavy atom. The number of rotatable bonds is 7. The van der Waals surface area contributed by atoms with Crippen LogP contribution >= 0.6 is 12.2 Å². The van der Waals surface area contributed by atoms with Crippen molar-refractivity contribution in [1.82, 2.24) is 5.32 Å². The average Bonchev–Trinajstić information content (AvgIpc) is 2.71. The monoisotopic (exact) mass is 390 g/mol. The SMILES string of the molecule is Cc1cccc(C)c1NC(=S)NCc1ccc(COCc2ccccc2)cc1. The molecule has 3 aromatic carbocycles. The van der Waals surface area contributed by atoms with Crippen LogP contribution in [0.3, 0.4) is 0 Å². The summed E-state index contributed by atoms with van der Waals surface area (Å²) in [6.45, 7) is 6.08. The molecule has 0 bridgehead atoms. The highest BCUT2D eigenvalue weighted by Crippen LogP contribution is 2.19. The molecule has 3 aromatic rings. The predicted molar refractivity (Wildman–Crippen MR) is 120 cm³/mol. The molecule has 0 spiro atoms. The van der Waals surface area contributed by atoms with E-state index >= 15 is 0 Å². The van der Waals surface area contributed by atoms with E-state index in [1.807, 2.05) is 18.2 Å². The predicted octanol–water partition coefficient (Wildman–Crippen LogP) is 5.51. The van der Waals surface area contributed by atoms with E-state index in [1.165, 1.54) is 22.3 Å². The van der Waals surface area contributed by atoms with Gasteiger partial charge in [0.2, 0.25) is 0 Å². The molecule has 144 valence electrons. The maximum atomic E-state index is 5.79. The fraction of sp³-hybridized carbons (Fsp3) is 0.208. The molecule has 0 unspecified atom stereocenters. The second-order valence-electron chi connectivity index (χ2n) is 6.87. The Bertz CT molecular complexity index is 887. The van der Waals surface area contributed by atoms with Gasteiger partial charge in [0, 0.05) is 12.2 Å². The van der Waals surface area contributed by atoms with Crippen LogP contribution in [0.25, 0.3) is 0 Å². The second kappa shape index (κ2) is 10.0. The van der Waals surface area contributed by atoms with Crippen molar-refractivity contribution in [3.8, 4) is 0 Å². The van der Waals surface area contributed by atoms with Crippen molar-refractivity contribution in [2.75, 3.05) is 5.32 Å². The summed E-state index contributed by atoms with van der Waals surface area (Å²) >= 11 is 5.44. The van der Waals surface area contributed by atoms with E-state index in [9.17, 15) is 0 Å². The van der Waals surface area contributed by atoms with E-state index in [0.29, 0.717) is 24.9 Å². The standard InChI is InChI=1S/C24H26N2OS/c1-18-7-6-8-19(2)23(18)26-24(28)25-15-20-11-13-22(14-12-20)17-27-16-21-9-4-3-5-10-21/h3-14H,15-17H2,1-2H3,(H2,25,26,28). The van der Waals surface area contributed by atoms with Gasteiger partial charge >= 0.3 is 0 Å². The van der Waals surface area contributed by atoms with E-state index in [-0.39, 0.29) is 0 Å². The van der Waals surface area contributed by atoms with Crippen molar-refractivity contribution in [1.29, 1.82) is 0 Å². The third-order valence-corrected chi connectivity index (χ3v) is 4.82. The van der Waals surface area contributed by atoms with E-state index in [2.05, 4.69) is 79.1 Å². The Labute approximate surface area is 172 Å². The van der Waals surface area contributed by atoms with Gasteiger partial charge in [0.1, 0.15) is 0 Å². The highest BCUT2D eigenvalue weighted by atomic mass is 32.1. The molecule has 3 nitrogen and oxygen atoms in total. The molecule has 3 rings (SSSR count). The van der Waals surface area contributed by atoms with Crippen LogP contribution in [-0.2, 0) is 24.5 Å². The van der Waals surface area contributed by atoms with Crippen LogP contribution in [0.2, 0.25) is 0 Å². The number of nitrogens with one attached hydrogen (secondary N) is 2. The minimum atomic E-state index is 0.606. The van der Waals surface area contributed by atoms with Crippen molar-refractivity contribution in [3.63, 3.8) is 0 Å². The highest BCUT2D eigenvalue weighted by Gasteiger charge is 2.04. The van der Waals surface area contributed by atoms with Crippen LogP contribution in [0.4, 0.5) is 5.69 Å². The molecular formula is C24H26N2OS. The summed E-state index contributed by atoms with van der Waals surface area (Å²) in [7, 11) is 0. The zero-order chi connectivity index (χ0) is 19.8. The number of ether oxygens (including phenoxy) is 1. The Morgan fingerprint density at radius 2 is 1.32 bits per heavy atom. The molecule has 0 aliphatic heterocycles. The van der Waals surface area contributed by atoms with Crippen LogP contribution in [0.1, 0.15) is 27.8 Å². The van der Waals surface area contributed by atoms with Crippen molar-refractivity contribution < 1.29 is 4.74 Å². The topological polar surface area (TPSA) is 33.3 Å². The Balaban J connectivity index is 1.44. The first-order valence-electron chi connectivity index (χ1n) is 9.42. The van der Waals surface area contributed by atoms with E-state index in [1.54, 1.807) is 0 Å². The molecule has 0 radical (unpaired) electrons. The molecule has 0 aromatic heterocycles. The first-order valence-corrected chi connectivity index (χ1v) is 9.83. The maximum absolute atomic E-state index is 5.79. The van der Waals surface area contributed by atoms with Gasteiger partial charge in [0.25, 0.3) is 0 Å². The van der Waals surface area contributed by atoms with Crippen molar-refractivity contribution in [3.05, 3.63) is 101 Å². The maximum Gasteiger partial charge on any atom is 0.171 e. The van der Waals surface area contributed by atoms with Gasteiger partial charge in [-0.25, -0.2) is 0 Å². The highest BCUT2D eigenvalue weighted by molar-refractivity contribution is 7.80. The molecule has 0 aliphatic carbocycles. The Hall–Kier alpha value is -2.69. The first kappa shape index (κ1) is 20.1. The number of aryl methyl sites for hydroxylation is 2. The summed E-state index contributed by atoms with van der Waals surface area (Å²) in [5, 5.41) is 7.21. The minimum Gasteiger partial charge on any atom is -0.372 e. The van der Waals surface area contributed by atoms with E-state index in [0.717, 1.165) is 11.3 Å². The van der Waals surface area contributed by atoms with E-state index in [4.69, 9.17) is 17.0 Å². The summed E-state index contributed by atoms with van der Waals surface area (Å²) in [6.07, 6.45) is 0. The quantitative estimate of drug-likeness (QED) is 0.522. The lowest BCUT2D eigenvalue weighted by molar-refractivity contribution is 0.107. The van der Waals surface area contributed by atoms with Gasteiger partial charge in [-0.05, 0) is 53.9 Å². The first-order chi connectivity index (χ1) is 13.6. The molecule has 0 atom stereocenters. The number of para-hydroxylation sites is 1. The molecule has 0 saturated heterocycles. The lowest BCUT2D eigenvalue weighted by Gasteiger charge is -2.15. The molecule has 4 heteroatoms. The Kier molecular flexibility index (Phi) is 7.18. The van der Waals surface area contributed by atoms with Gasteiger partial charge in [-0.3, -0.25) is 0 Å². The fourth-order valence-corrected chi connectivity index (χ4v) is 3.14. The smallest absolute Gasteiger partial charge is 0.171 e. The third kappa shape index (κ3) is 5.91. The summed E-state index contributed by atoms with van der Waals surface area (Å²) in [5.41, 5.74) is 6.97. The molecule has 0 amide bonds. The van der Waals surface area contributed by atoms with Crippen LogP contribution in [0, 0.1) is 13.8 Å². The molecule has 0 saturated carbocycles. The summed E-state index contributed by atoms with van der Waals surface area (Å²) in [6, 6.07) is 24.8. The van der Waals surface area contributed by atoms with Gasteiger partial charge in [0.05, 0.1) is 13.2 Å². The zero-order valence-electron chi connectivity index (χ0n) is 16.4. The molecule has 0 aliphatic rings. The number of anilines is 1. The molecule has 2 N–H and O–H groups in total. The van der Waals surface area contributed by atoms with Crippen LogP contribution in [0.15, 0.2) is 72.8 Å². The average molecular weight is 391 g/mol. The molecule has 0 heterocycles. The van der Waals surface area contributed by atoms with Gasteiger partial charge in [-0.15, -0.1) is 0 Å². The van der Waals surface area contributed by atoms with Gasteiger partial charge < -0.3 is 15.4 Å². The molecule has 28 heavy (non-hydrogen) atoms. The summed E-state index contributed by atoms with van der Waals surface area (Å²) in [4.78, 5) is 0. The number of hydrogen-bond donors (Lipinski definition) is 2. The van der Waals surface area contributed by atoms with Crippen molar-refractivity contribution >= 4 is 23.0 Å². The lowest BCUT2D eigenvalue weighted by atomic mass is 10.1. The largest absolute Gasteiger partial charge is 0.372 e. The zero-order valence-corrected chi connectivity index (χ0v) is 17.2. The van der Waals surface area contributed by atoms with E-state index < -0.39 is 0 Å². The number of thiocarbonyl (C=S) groups is 1. The third-order valence-electron chi connectivity index (χ3n) is 4.58.